The molecule has 0 spiro atoms. The Morgan fingerprint density at radius 2 is 1.90 bits per heavy atom. The quantitative estimate of drug-likeness (QED) is 0.926. The van der Waals surface area contributed by atoms with E-state index in [1.165, 1.54) is 50.1 Å². The van der Waals surface area contributed by atoms with E-state index in [4.69, 9.17) is 5.11 Å². The molecule has 5 heteroatoms. The number of thiophene rings is 1. The second-order valence-electron chi connectivity index (χ2n) is 5.82. The number of carbonyl (C=O) groups is 1. The molecule has 4 nitrogen and oxygen atoms in total. The van der Waals surface area contributed by atoms with Gasteiger partial charge < -0.3 is 5.11 Å². The lowest BCUT2D eigenvalue weighted by Crippen LogP contribution is -2.49. The lowest BCUT2D eigenvalue weighted by molar-refractivity contribution is 0.0702. The summed E-state index contributed by atoms with van der Waals surface area (Å²) in [4.78, 5) is 17.6. The fourth-order valence-electron chi connectivity index (χ4n) is 3.35. The van der Waals surface area contributed by atoms with Crippen LogP contribution in [-0.4, -0.2) is 53.1 Å². The van der Waals surface area contributed by atoms with E-state index < -0.39 is 5.97 Å². The van der Waals surface area contributed by atoms with Gasteiger partial charge in [-0.3, -0.25) is 9.80 Å². The van der Waals surface area contributed by atoms with E-state index >= 15 is 0 Å². The van der Waals surface area contributed by atoms with Gasteiger partial charge in [0.1, 0.15) is 4.88 Å². The van der Waals surface area contributed by atoms with E-state index in [0.29, 0.717) is 4.88 Å². The van der Waals surface area contributed by atoms with Gasteiger partial charge in [0, 0.05) is 43.6 Å². The summed E-state index contributed by atoms with van der Waals surface area (Å²) in [6, 6.07) is 4.51. The summed E-state index contributed by atoms with van der Waals surface area (Å²) in [5, 5.41) is 8.95. The third-order valence-electron chi connectivity index (χ3n) is 4.50. The first-order chi connectivity index (χ1) is 9.72. The van der Waals surface area contributed by atoms with Crippen molar-refractivity contribution >= 4 is 17.3 Å². The number of carboxylic acid groups (broad SMARTS) is 1. The van der Waals surface area contributed by atoms with Crippen molar-refractivity contribution in [1.29, 1.82) is 0 Å². The highest BCUT2D eigenvalue weighted by atomic mass is 32.1. The second-order valence-corrected chi connectivity index (χ2v) is 6.99. The number of piperazine rings is 1. The van der Waals surface area contributed by atoms with Gasteiger partial charge in [0.15, 0.2) is 0 Å². The molecule has 1 aromatic rings. The maximum absolute atomic E-state index is 10.9. The Balaban J connectivity index is 1.49. The molecule has 0 bridgehead atoms. The lowest BCUT2D eigenvalue weighted by Gasteiger charge is -2.37. The van der Waals surface area contributed by atoms with Crippen molar-refractivity contribution in [2.24, 2.45) is 0 Å². The van der Waals surface area contributed by atoms with Crippen LogP contribution in [0.25, 0.3) is 0 Å². The van der Waals surface area contributed by atoms with Gasteiger partial charge in [-0.25, -0.2) is 4.79 Å². The number of rotatable bonds is 4. The van der Waals surface area contributed by atoms with E-state index in [0.717, 1.165) is 30.6 Å². The molecular formula is C15H22N2O2S. The molecule has 1 aliphatic carbocycles. The molecular weight excluding hydrogens is 272 g/mol. The molecule has 20 heavy (non-hydrogen) atoms. The van der Waals surface area contributed by atoms with Gasteiger partial charge in [0.2, 0.25) is 0 Å². The van der Waals surface area contributed by atoms with Crippen molar-refractivity contribution < 1.29 is 9.90 Å². The molecule has 1 saturated heterocycles. The molecule has 1 aromatic heterocycles. The highest BCUT2D eigenvalue weighted by Gasteiger charge is 2.26. The van der Waals surface area contributed by atoms with Gasteiger partial charge in [-0.05, 0) is 25.0 Å². The Morgan fingerprint density at radius 1 is 1.20 bits per heavy atom. The van der Waals surface area contributed by atoms with Gasteiger partial charge in [-0.1, -0.05) is 12.8 Å². The Morgan fingerprint density at radius 3 is 2.50 bits per heavy atom. The maximum Gasteiger partial charge on any atom is 0.345 e. The largest absolute Gasteiger partial charge is 0.477 e. The zero-order chi connectivity index (χ0) is 13.9. The Bertz CT molecular complexity index is 460. The fraction of sp³-hybridized carbons (Fsp3) is 0.667. The van der Waals surface area contributed by atoms with Crippen molar-refractivity contribution in [3.05, 3.63) is 21.9 Å². The first-order valence-electron chi connectivity index (χ1n) is 7.51. The summed E-state index contributed by atoms with van der Waals surface area (Å²) in [6.45, 7) is 5.45. The van der Waals surface area contributed by atoms with E-state index in [1.807, 2.05) is 6.07 Å². The van der Waals surface area contributed by atoms with Crippen LogP contribution in [0.2, 0.25) is 0 Å². The minimum atomic E-state index is -0.813. The topological polar surface area (TPSA) is 43.8 Å². The molecule has 1 N–H and O–H groups in total. The van der Waals surface area contributed by atoms with Crippen molar-refractivity contribution in [2.45, 2.75) is 38.3 Å². The van der Waals surface area contributed by atoms with Crippen LogP contribution in [0.4, 0.5) is 0 Å². The minimum absolute atomic E-state index is 0.449. The van der Waals surface area contributed by atoms with Crippen LogP contribution in [0.1, 0.15) is 40.2 Å². The van der Waals surface area contributed by atoms with E-state index in [2.05, 4.69) is 9.80 Å². The average molecular weight is 294 g/mol. The number of hydrogen-bond donors (Lipinski definition) is 1. The normalized spacial score (nSPS) is 22.4. The van der Waals surface area contributed by atoms with Crippen LogP contribution in [0.3, 0.4) is 0 Å². The van der Waals surface area contributed by atoms with Crippen molar-refractivity contribution in [2.75, 3.05) is 26.2 Å². The minimum Gasteiger partial charge on any atom is -0.477 e. The first-order valence-corrected chi connectivity index (χ1v) is 8.32. The van der Waals surface area contributed by atoms with Gasteiger partial charge in [-0.15, -0.1) is 11.3 Å². The van der Waals surface area contributed by atoms with Crippen LogP contribution in [0.5, 0.6) is 0 Å². The monoisotopic (exact) mass is 294 g/mol. The Kier molecular flexibility index (Phi) is 4.38. The molecule has 2 aliphatic rings. The zero-order valence-corrected chi connectivity index (χ0v) is 12.6. The molecule has 0 aromatic carbocycles. The van der Waals surface area contributed by atoms with Gasteiger partial charge in [0.05, 0.1) is 0 Å². The standard InChI is InChI=1S/C15H22N2O2S/c18-15(19)14-6-5-13(20-14)11-16-7-9-17(10-8-16)12-3-1-2-4-12/h5-6,12H,1-4,7-11H2,(H,18,19). The van der Waals surface area contributed by atoms with Crippen molar-refractivity contribution in [3.8, 4) is 0 Å². The third kappa shape index (κ3) is 3.22. The van der Waals surface area contributed by atoms with E-state index in [1.54, 1.807) is 6.07 Å². The Hall–Kier alpha value is -0.910. The predicted molar refractivity (Wildman–Crippen MR) is 80.4 cm³/mol. The van der Waals surface area contributed by atoms with Crippen LogP contribution < -0.4 is 0 Å². The van der Waals surface area contributed by atoms with Crippen LogP contribution >= 0.6 is 11.3 Å². The molecule has 2 heterocycles. The molecule has 0 radical (unpaired) electrons. The van der Waals surface area contributed by atoms with E-state index in [9.17, 15) is 4.79 Å². The zero-order valence-electron chi connectivity index (χ0n) is 11.8. The lowest BCUT2D eigenvalue weighted by atomic mass is 10.2. The summed E-state index contributed by atoms with van der Waals surface area (Å²) in [7, 11) is 0. The SMILES string of the molecule is O=C(O)c1ccc(CN2CCN(C3CCCC3)CC2)s1. The molecule has 2 fully saturated rings. The predicted octanol–water partition coefficient (Wildman–Crippen LogP) is 2.51. The summed E-state index contributed by atoms with van der Waals surface area (Å²) in [5.41, 5.74) is 0. The van der Waals surface area contributed by atoms with Crippen LogP contribution in [0, 0.1) is 0 Å². The molecule has 0 amide bonds. The van der Waals surface area contributed by atoms with Gasteiger partial charge >= 0.3 is 5.97 Å². The van der Waals surface area contributed by atoms with Crippen molar-refractivity contribution in [3.63, 3.8) is 0 Å². The molecule has 1 aliphatic heterocycles. The third-order valence-corrected chi connectivity index (χ3v) is 5.56. The number of hydrogen-bond acceptors (Lipinski definition) is 4. The number of carboxylic acids is 1. The summed E-state index contributed by atoms with van der Waals surface area (Å²) in [6.07, 6.45) is 5.57. The fourth-order valence-corrected chi connectivity index (χ4v) is 4.24. The van der Waals surface area contributed by atoms with Gasteiger partial charge in [-0.2, -0.15) is 0 Å². The van der Waals surface area contributed by atoms with E-state index in [-0.39, 0.29) is 0 Å². The van der Waals surface area contributed by atoms with Crippen LogP contribution in [0.15, 0.2) is 12.1 Å². The summed E-state index contributed by atoms with van der Waals surface area (Å²) >= 11 is 1.41. The highest BCUT2D eigenvalue weighted by Crippen LogP contribution is 2.25. The highest BCUT2D eigenvalue weighted by molar-refractivity contribution is 7.13. The molecule has 1 saturated carbocycles. The molecule has 0 unspecified atom stereocenters. The first kappa shape index (κ1) is 14.0. The van der Waals surface area contributed by atoms with Crippen molar-refractivity contribution in [1.82, 2.24) is 9.80 Å². The smallest absolute Gasteiger partial charge is 0.345 e. The number of nitrogens with zero attached hydrogens (tertiary/aromatic N) is 2. The molecule has 3 rings (SSSR count). The average Bonchev–Trinajstić information content (AvgIpc) is 3.10. The Labute approximate surface area is 124 Å². The van der Waals surface area contributed by atoms with Crippen LogP contribution in [-0.2, 0) is 6.54 Å². The molecule has 110 valence electrons. The summed E-state index contributed by atoms with van der Waals surface area (Å²) in [5.74, 6) is -0.813. The second kappa shape index (κ2) is 6.24. The maximum atomic E-state index is 10.9. The molecule has 0 atom stereocenters. The summed E-state index contributed by atoms with van der Waals surface area (Å²) < 4.78 is 0. The number of aromatic carboxylic acids is 1. The van der Waals surface area contributed by atoms with Gasteiger partial charge in [0.25, 0.3) is 0 Å².